The molecule has 5 unspecified atom stereocenters. The van der Waals surface area contributed by atoms with Crippen molar-refractivity contribution in [1.82, 2.24) is 0 Å². The summed E-state index contributed by atoms with van der Waals surface area (Å²) in [5.74, 6) is 5.13. The van der Waals surface area contributed by atoms with Gasteiger partial charge in [-0.05, 0) is 86.0 Å². The van der Waals surface area contributed by atoms with E-state index in [1.54, 1.807) is 0 Å². The second-order valence-electron chi connectivity index (χ2n) is 9.35. The Labute approximate surface area is 142 Å². The normalized spacial score (nSPS) is 39.4. The van der Waals surface area contributed by atoms with Crippen molar-refractivity contribution in [1.29, 1.82) is 0 Å². The van der Waals surface area contributed by atoms with Gasteiger partial charge >= 0.3 is 0 Å². The molecule has 3 aliphatic carbocycles. The summed E-state index contributed by atoms with van der Waals surface area (Å²) in [6.45, 7) is 6.23. The summed E-state index contributed by atoms with van der Waals surface area (Å²) in [4.78, 5) is 4.33. The molecular weight excluding hydrogens is 287 g/mol. The van der Waals surface area contributed by atoms with E-state index in [0.29, 0.717) is 5.92 Å². The Balaban J connectivity index is 1.69. The zero-order chi connectivity index (χ0) is 16.4. The highest BCUT2D eigenvalue weighted by molar-refractivity contribution is 4.96. The van der Waals surface area contributed by atoms with Gasteiger partial charge in [-0.2, -0.15) is 4.94 Å². The van der Waals surface area contributed by atoms with Crippen molar-refractivity contribution in [3.8, 4) is 0 Å². The van der Waals surface area contributed by atoms with Crippen LogP contribution in [0.1, 0.15) is 91.4 Å². The molecule has 3 fully saturated rings. The fourth-order valence-electron chi connectivity index (χ4n) is 6.55. The van der Waals surface area contributed by atoms with Crippen molar-refractivity contribution < 1.29 is 9.47 Å². The van der Waals surface area contributed by atoms with Crippen LogP contribution in [0.25, 0.3) is 0 Å². The minimum absolute atomic E-state index is 0.402. The van der Waals surface area contributed by atoms with Crippen LogP contribution in [0.3, 0.4) is 0 Å². The summed E-state index contributed by atoms with van der Waals surface area (Å²) < 4.78 is 12.9. The maximum absolute atomic E-state index is 12.9. The van der Waals surface area contributed by atoms with Gasteiger partial charge < -0.3 is 0 Å². The Hall–Kier alpha value is -0.110. The van der Waals surface area contributed by atoms with Crippen LogP contribution in [-0.4, -0.2) is 5.60 Å². The van der Waals surface area contributed by atoms with E-state index in [4.69, 9.17) is 0 Å². The average molecular weight is 325 g/mol. The highest BCUT2D eigenvalue weighted by atomic mass is 19.3. The van der Waals surface area contributed by atoms with Crippen molar-refractivity contribution in [2.24, 2.45) is 35.5 Å². The van der Waals surface area contributed by atoms with E-state index in [1.807, 2.05) is 13.8 Å². The molecule has 0 radical (unpaired) electrons. The number of rotatable bonds is 5. The fourth-order valence-corrected chi connectivity index (χ4v) is 6.55. The largest absolute Gasteiger partial charge is 0.188 e. The van der Waals surface area contributed by atoms with Crippen LogP contribution in [0.2, 0.25) is 0 Å². The Morgan fingerprint density at radius 1 is 0.913 bits per heavy atom. The molecule has 1 nitrogen and oxygen atoms in total. The first-order valence-electron chi connectivity index (χ1n) is 10.4. The highest BCUT2D eigenvalue weighted by Crippen LogP contribution is 2.54. The molecule has 0 aromatic carbocycles. The van der Waals surface area contributed by atoms with Crippen LogP contribution in [0, 0.1) is 35.5 Å². The van der Waals surface area contributed by atoms with Gasteiger partial charge in [-0.3, -0.25) is 0 Å². The molecule has 134 valence electrons. The molecule has 3 rings (SSSR count). The lowest BCUT2D eigenvalue weighted by Crippen LogP contribution is -2.44. The summed E-state index contributed by atoms with van der Waals surface area (Å²) in [6, 6.07) is 0. The van der Waals surface area contributed by atoms with Crippen molar-refractivity contribution in [2.45, 2.75) is 97.0 Å². The predicted octanol–water partition coefficient (Wildman–Crippen LogP) is 6.72. The summed E-state index contributed by atoms with van der Waals surface area (Å²) >= 11 is 0. The molecule has 0 aliphatic heterocycles. The third kappa shape index (κ3) is 3.62. The number of halogens is 1. The Bertz CT molecular complexity index is 374. The molecule has 0 aromatic rings. The molecule has 0 heterocycles. The molecule has 0 saturated heterocycles. The fraction of sp³-hybridized carbons (Fsp3) is 1.00. The van der Waals surface area contributed by atoms with E-state index in [-0.39, 0.29) is 0 Å². The van der Waals surface area contributed by atoms with Gasteiger partial charge in [0.2, 0.25) is 0 Å². The number of fused-ring (bicyclic) bond motifs is 1. The summed E-state index contributed by atoms with van der Waals surface area (Å²) in [7, 11) is 0. The Morgan fingerprint density at radius 2 is 1.57 bits per heavy atom. The first-order chi connectivity index (χ1) is 11.1. The van der Waals surface area contributed by atoms with Crippen LogP contribution in [0.5, 0.6) is 0 Å². The monoisotopic (exact) mass is 324 g/mol. The second kappa shape index (κ2) is 7.42. The molecule has 0 N–H and O–H groups in total. The molecule has 0 bridgehead atoms. The van der Waals surface area contributed by atoms with Gasteiger partial charge in [-0.1, -0.05) is 45.4 Å². The number of hydrogen-bond donors (Lipinski definition) is 0. The van der Waals surface area contributed by atoms with E-state index >= 15 is 0 Å². The number of hydrogen-bond acceptors (Lipinski definition) is 1. The lowest BCUT2D eigenvalue weighted by molar-refractivity contribution is -0.249. The topological polar surface area (TPSA) is 9.23 Å². The minimum Gasteiger partial charge on any atom is -0.188 e. The zero-order valence-electron chi connectivity index (χ0n) is 15.5. The Kier molecular flexibility index (Phi) is 5.71. The van der Waals surface area contributed by atoms with Crippen LogP contribution in [0.15, 0.2) is 0 Å². The van der Waals surface area contributed by atoms with Gasteiger partial charge in [0.05, 0.1) is 0 Å². The quantitative estimate of drug-likeness (QED) is 0.545. The van der Waals surface area contributed by atoms with Crippen LogP contribution in [0.4, 0.5) is 4.53 Å². The first kappa shape index (κ1) is 17.7. The molecule has 0 aromatic heterocycles. The molecule has 3 saturated carbocycles. The highest BCUT2D eigenvalue weighted by Gasteiger charge is 2.47. The van der Waals surface area contributed by atoms with Gasteiger partial charge in [0.1, 0.15) is 5.60 Å². The molecule has 3 aliphatic rings. The average Bonchev–Trinajstić information content (AvgIpc) is 3.09. The second-order valence-corrected chi connectivity index (χ2v) is 9.35. The smallest absolute Gasteiger partial charge is 0.106 e. The SMILES string of the molecule is CCCC1C(C2CCCC2)CCC2CC(C(C)(C)OF)CCC21. The molecule has 23 heavy (non-hydrogen) atoms. The van der Waals surface area contributed by atoms with Gasteiger partial charge in [0.25, 0.3) is 0 Å². The lowest BCUT2D eigenvalue weighted by Gasteiger charge is -2.51. The van der Waals surface area contributed by atoms with Crippen molar-refractivity contribution >= 4 is 0 Å². The maximum Gasteiger partial charge on any atom is 0.106 e. The molecule has 0 spiro atoms. The van der Waals surface area contributed by atoms with E-state index < -0.39 is 5.60 Å². The van der Waals surface area contributed by atoms with Gasteiger partial charge in [0, 0.05) is 0 Å². The Morgan fingerprint density at radius 3 is 2.22 bits per heavy atom. The van der Waals surface area contributed by atoms with E-state index in [1.165, 1.54) is 64.2 Å². The van der Waals surface area contributed by atoms with Crippen LogP contribution >= 0.6 is 0 Å². The van der Waals surface area contributed by atoms with Crippen molar-refractivity contribution in [2.75, 3.05) is 0 Å². The molecule has 0 amide bonds. The van der Waals surface area contributed by atoms with E-state index in [2.05, 4.69) is 11.9 Å². The third-order valence-corrected chi connectivity index (χ3v) is 7.82. The van der Waals surface area contributed by atoms with Gasteiger partial charge in [0.15, 0.2) is 0 Å². The minimum atomic E-state index is -0.590. The summed E-state index contributed by atoms with van der Waals surface area (Å²) in [5.41, 5.74) is -0.590. The molecule has 2 heteroatoms. The van der Waals surface area contributed by atoms with Gasteiger partial charge in [-0.25, -0.2) is 0 Å². The van der Waals surface area contributed by atoms with Crippen molar-refractivity contribution in [3.63, 3.8) is 0 Å². The molecule has 5 atom stereocenters. The summed E-state index contributed by atoms with van der Waals surface area (Å²) in [6.07, 6.45) is 15.2. The first-order valence-corrected chi connectivity index (χ1v) is 10.4. The van der Waals surface area contributed by atoms with Crippen LogP contribution in [-0.2, 0) is 4.94 Å². The van der Waals surface area contributed by atoms with Crippen LogP contribution < -0.4 is 0 Å². The maximum atomic E-state index is 12.9. The van der Waals surface area contributed by atoms with Crippen molar-refractivity contribution in [3.05, 3.63) is 0 Å². The summed E-state index contributed by atoms with van der Waals surface area (Å²) in [5, 5.41) is 0. The third-order valence-electron chi connectivity index (χ3n) is 7.82. The lowest BCUT2D eigenvalue weighted by atomic mass is 9.55. The predicted molar refractivity (Wildman–Crippen MR) is 93.7 cm³/mol. The standard InChI is InChI=1S/C21H37FO/c1-4-7-20-18(15-8-5-6-9-15)12-10-16-14-17(11-13-19(16)20)21(2,3)23-22/h15-20H,4-14H2,1-3H3. The van der Waals surface area contributed by atoms with Gasteiger partial charge in [-0.15, -0.1) is 0 Å². The van der Waals surface area contributed by atoms with E-state index in [9.17, 15) is 4.53 Å². The zero-order valence-corrected chi connectivity index (χ0v) is 15.5. The molecular formula is C21H37FO. The van der Waals surface area contributed by atoms with E-state index in [0.717, 1.165) is 36.0 Å².